The van der Waals surface area contributed by atoms with E-state index in [1.807, 2.05) is 30.3 Å². The number of nitrogens with zero attached hydrogens (tertiary/aromatic N) is 2. The quantitative estimate of drug-likeness (QED) is 0.447. The van der Waals surface area contributed by atoms with E-state index in [0.717, 1.165) is 11.3 Å². The van der Waals surface area contributed by atoms with Crippen molar-refractivity contribution in [2.75, 3.05) is 37.7 Å². The number of hydrogen-bond acceptors (Lipinski definition) is 5. The predicted molar refractivity (Wildman–Crippen MR) is 138 cm³/mol. The van der Waals surface area contributed by atoms with Crippen molar-refractivity contribution in [2.45, 2.75) is 12.3 Å². The highest BCUT2D eigenvalue weighted by molar-refractivity contribution is 6.58. The molecule has 1 heterocycles. The van der Waals surface area contributed by atoms with E-state index in [9.17, 15) is 14.8 Å². The maximum Gasteiger partial charge on any atom is 0.488 e. The normalized spacial score (nSPS) is 14.8. The van der Waals surface area contributed by atoms with E-state index >= 15 is 0 Å². The van der Waals surface area contributed by atoms with E-state index in [1.165, 1.54) is 22.3 Å². The lowest BCUT2D eigenvalue weighted by Crippen LogP contribution is -2.49. The highest BCUT2D eigenvalue weighted by Gasteiger charge is 2.30. The van der Waals surface area contributed by atoms with Gasteiger partial charge in [-0.15, -0.1) is 12.3 Å². The molecule has 5 rings (SSSR count). The molecule has 0 bridgehead atoms. The molecule has 1 aliphatic heterocycles. The van der Waals surface area contributed by atoms with Gasteiger partial charge in [0.25, 0.3) is 0 Å². The second-order valence-electron chi connectivity index (χ2n) is 8.97. The van der Waals surface area contributed by atoms with Crippen molar-refractivity contribution in [3.05, 3.63) is 83.4 Å². The Balaban J connectivity index is 1.22. The zero-order valence-electron chi connectivity index (χ0n) is 19.4. The van der Waals surface area contributed by atoms with Crippen LogP contribution in [-0.2, 0) is 11.2 Å². The molecule has 0 atom stereocenters. The molecule has 1 saturated heterocycles. The molecule has 6 nitrogen and oxygen atoms in total. The van der Waals surface area contributed by atoms with Crippen LogP contribution in [0.2, 0.25) is 0 Å². The second kappa shape index (κ2) is 9.87. The summed E-state index contributed by atoms with van der Waals surface area (Å²) in [5.74, 6) is 2.64. The number of carbonyl (C=O) groups is 1. The van der Waals surface area contributed by atoms with Gasteiger partial charge >= 0.3 is 13.2 Å². The number of carbonyl (C=O) groups excluding carboxylic acids is 1. The summed E-state index contributed by atoms with van der Waals surface area (Å²) in [6.45, 7) is 2.58. The minimum absolute atomic E-state index is 0.0369. The molecular weight excluding hydrogens is 439 g/mol. The molecule has 3 aromatic rings. The van der Waals surface area contributed by atoms with E-state index in [-0.39, 0.29) is 12.0 Å². The zero-order valence-corrected chi connectivity index (χ0v) is 19.4. The lowest BCUT2D eigenvalue weighted by molar-refractivity contribution is 0.0977. The van der Waals surface area contributed by atoms with Gasteiger partial charge in [-0.25, -0.2) is 4.79 Å². The Bertz CT molecular complexity index is 1230. The van der Waals surface area contributed by atoms with Gasteiger partial charge in [0.1, 0.15) is 6.61 Å². The van der Waals surface area contributed by atoms with Crippen LogP contribution < -0.4 is 10.4 Å². The Labute approximate surface area is 205 Å². The molecule has 176 valence electrons. The summed E-state index contributed by atoms with van der Waals surface area (Å²) in [7, 11) is -1.56. The van der Waals surface area contributed by atoms with E-state index in [0.29, 0.717) is 44.7 Å². The first-order valence-corrected chi connectivity index (χ1v) is 11.8. The summed E-state index contributed by atoms with van der Waals surface area (Å²) < 4.78 is 5.80. The van der Waals surface area contributed by atoms with Gasteiger partial charge in [-0.1, -0.05) is 54.6 Å². The predicted octanol–water partition coefficient (Wildman–Crippen LogP) is 2.61. The van der Waals surface area contributed by atoms with Crippen molar-refractivity contribution < 1.29 is 19.6 Å². The summed E-state index contributed by atoms with van der Waals surface area (Å²) in [6.07, 6.45) is 5.55. The van der Waals surface area contributed by atoms with Crippen LogP contribution >= 0.6 is 0 Å². The van der Waals surface area contributed by atoms with E-state index < -0.39 is 7.12 Å². The highest BCUT2D eigenvalue weighted by Crippen LogP contribution is 2.44. The average Bonchev–Trinajstić information content (AvgIpc) is 3.21. The zero-order chi connectivity index (χ0) is 24.4. The number of benzene rings is 3. The fourth-order valence-electron chi connectivity index (χ4n) is 5.08. The molecule has 35 heavy (non-hydrogen) atoms. The third-order valence-corrected chi connectivity index (χ3v) is 6.84. The molecule has 0 unspecified atom stereocenters. The SMILES string of the molecule is C#CCc1cc(B(O)O)cc(N2CCN(C(=O)OCC3c4ccccc4-c4ccccc43)CC2)c1. The van der Waals surface area contributed by atoms with Crippen LogP contribution in [0.25, 0.3) is 11.1 Å². The molecule has 1 aliphatic carbocycles. The maximum atomic E-state index is 12.9. The molecule has 3 aromatic carbocycles. The summed E-state index contributed by atoms with van der Waals surface area (Å²) in [5.41, 5.74) is 6.93. The molecular formula is C28H27BN2O4. The average molecular weight is 466 g/mol. The van der Waals surface area contributed by atoms with Crippen molar-refractivity contribution in [1.29, 1.82) is 0 Å². The number of terminal acetylenes is 1. The molecule has 0 saturated carbocycles. The minimum atomic E-state index is -1.56. The third kappa shape index (κ3) is 4.63. The number of anilines is 1. The monoisotopic (exact) mass is 466 g/mol. The van der Waals surface area contributed by atoms with Gasteiger partial charge in [0.2, 0.25) is 0 Å². The summed E-state index contributed by atoms with van der Waals surface area (Å²) >= 11 is 0. The Kier molecular flexibility index (Phi) is 6.50. The van der Waals surface area contributed by atoms with Crippen molar-refractivity contribution in [1.82, 2.24) is 4.90 Å². The van der Waals surface area contributed by atoms with Gasteiger partial charge in [-0.2, -0.15) is 0 Å². The highest BCUT2D eigenvalue weighted by atomic mass is 16.6. The Morgan fingerprint density at radius 3 is 2.20 bits per heavy atom. The van der Waals surface area contributed by atoms with Gasteiger partial charge in [0.05, 0.1) is 0 Å². The standard InChI is InChI=1S/C28H27BN2O4/c1-2-7-20-16-21(29(33)34)18-22(17-20)30-12-14-31(15-13-30)28(32)35-19-27-25-10-5-3-8-23(25)24-9-4-6-11-26(24)27/h1,3-6,8-11,16-18,27,33-34H,7,12-15,19H2. The first kappa shape index (κ1) is 23.0. The largest absolute Gasteiger partial charge is 0.488 e. The van der Waals surface area contributed by atoms with Gasteiger partial charge in [0, 0.05) is 44.2 Å². The third-order valence-electron chi connectivity index (χ3n) is 6.84. The fraction of sp³-hybridized carbons (Fsp3) is 0.250. The van der Waals surface area contributed by atoms with E-state index in [2.05, 4.69) is 35.1 Å². The van der Waals surface area contributed by atoms with Crippen molar-refractivity contribution >= 4 is 24.4 Å². The number of ether oxygens (including phenoxy) is 1. The van der Waals surface area contributed by atoms with Gasteiger partial charge < -0.3 is 24.6 Å². The lowest BCUT2D eigenvalue weighted by atomic mass is 9.79. The lowest BCUT2D eigenvalue weighted by Gasteiger charge is -2.36. The van der Waals surface area contributed by atoms with Gasteiger partial charge in [-0.3, -0.25) is 0 Å². The Morgan fingerprint density at radius 2 is 1.60 bits per heavy atom. The van der Waals surface area contributed by atoms with E-state index in [1.54, 1.807) is 17.0 Å². The molecule has 0 aromatic heterocycles. The van der Waals surface area contributed by atoms with Crippen LogP contribution in [0.15, 0.2) is 66.7 Å². The number of hydrogen-bond donors (Lipinski definition) is 2. The topological polar surface area (TPSA) is 73.2 Å². The summed E-state index contributed by atoms with van der Waals surface area (Å²) in [6, 6.07) is 22.0. The maximum absolute atomic E-state index is 12.9. The van der Waals surface area contributed by atoms with Crippen LogP contribution in [-0.4, -0.2) is 60.9 Å². The Morgan fingerprint density at radius 1 is 0.971 bits per heavy atom. The van der Waals surface area contributed by atoms with Crippen molar-refractivity contribution in [3.63, 3.8) is 0 Å². The number of piperazine rings is 1. The van der Waals surface area contributed by atoms with Gasteiger partial charge in [-0.05, 0) is 45.4 Å². The van der Waals surface area contributed by atoms with E-state index in [4.69, 9.17) is 11.2 Å². The smallest absolute Gasteiger partial charge is 0.448 e. The summed E-state index contributed by atoms with van der Waals surface area (Å²) in [4.78, 5) is 16.8. The number of fused-ring (bicyclic) bond motifs is 3. The number of rotatable bonds is 5. The van der Waals surface area contributed by atoms with Crippen LogP contribution in [0.5, 0.6) is 0 Å². The molecule has 1 amide bonds. The summed E-state index contributed by atoms with van der Waals surface area (Å²) in [5, 5.41) is 19.3. The first-order valence-electron chi connectivity index (χ1n) is 11.8. The molecule has 2 N–H and O–H groups in total. The molecule has 0 radical (unpaired) electrons. The number of amides is 1. The van der Waals surface area contributed by atoms with Crippen LogP contribution in [0.1, 0.15) is 22.6 Å². The van der Waals surface area contributed by atoms with Gasteiger partial charge in [0.15, 0.2) is 0 Å². The van der Waals surface area contributed by atoms with Crippen LogP contribution in [0, 0.1) is 12.3 Å². The first-order chi connectivity index (χ1) is 17.0. The van der Waals surface area contributed by atoms with Crippen molar-refractivity contribution in [2.24, 2.45) is 0 Å². The Hall–Kier alpha value is -3.73. The molecule has 1 fully saturated rings. The van der Waals surface area contributed by atoms with Crippen LogP contribution in [0.3, 0.4) is 0 Å². The molecule has 7 heteroatoms. The van der Waals surface area contributed by atoms with Crippen LogP contribution in [0.4, 0.5) is 10.5 Å². The second-order valence-corrected chi connectivity index (χ2v) is 8.97. The minimum Gasteiger partial charge on any atom is -0.448 e. The molecule has 2 aliphatic rings. The molecule has 0 spiro atoms. The fourth-order valence-corrected chi connectivity index (χ4v) is 5.08. The van der Waals surface area contributed by atoms with Crippen molar-refractivity contribution in [3.8, 4) is 23.5 Å².